The van der Waals surface area contributed by atoms with Gasteiger partial charge < -0.3 is 20.1 Å². The van der Waals surface area contributed by atoms with Crippen molar-refractivity contribution in [3.63, 3.8) is 0 Å². The van der Waals surface area contributed by atoms with Crippen molar-refractivity contribution in [1.29, 1.82) is 0 Å². The van der Waals surface area contributed by atoms with Crippen LogP contribution >= 0.6 is 0 Å². The smallest absolute Gasteiger partial charge is 0.422 e. The van der Waals surface area contributed by atoms with Crippen LogP contribution in [0, 0.1) is 6.92 Å². The highest BCUT2D eigenvalue weighted by Gasteiger charge is 2.29. The molecule has 28 heavy (non-hydrogen) atoms. The lowest BCUT2D eigenvalue weighted by molar-refractivity contribution is -0.154. The lowest BCUT2D eigenvalue weighted by Gasteiger charge is -2.13. The van der Waals surface area contributed by atoms with Crippen LogP contribution in [0.2, 0.25) is 0 Å². The van der Waals surface area contributed by atoms with Gasteiger partial charge in [0.2, 0.25) is 11.8 Å². The first-order valence-electron chi connectivity index (χ1n) is 8.07. The number of nitrogens with one attached hydrogen (secondary N) is 2. The van der Waals surface area contributed by atoms with E-state index in [1.54, 1.807) is 18.2 Å². The number of methoxy groups -OCH3 is 1. The molecule has 0 aliphatic carbocycles. The number of aryl methyl sites for hydroxylation is 1. The monoisotopic (exact) mass is 397 g/mol. The van der Waals surface area contributed by atoms with Gasteiger partial charge in [0.1, 0.15) is 11.3 Å². The molecule has 1 aromatic heterocycles. The van der Waals surface area contributed by atoms with Gasteiger partial charge in [0.15, 0.2) is 6.61 Å². The second kappa shape index (κ2) is 9.07. The number of amides is 2. The molecule has 0 aliphatic heterocycles. The first-order valence-corrected chi connectivity index (χ1v) is 8.07. The summed E-state index contributed by atoms with van der Waals surface area (Å²) in [7, 11) is 1.45. The minimum atomic E-state index is -4.57. The van der Waals surface area contributed by atoms with Crippen molar-refractivity contribution in [1.82, 2.24) is 10.3 Å². The van der Waals surface area contributed by atoms with E-state index in [0.29, 0.717) is 11.4 Å². The molecule has 150 valence electrons. The van der Waals surface area contributed by atoms with Crippen molar-refractivity contribution in [2.45, 2.75) is 13.1 Å². The maximum atomic E-state index is 12.3. The molecule has 0 unspecified atom stereocenters. The van der Waals surface area contributed by atoms with Gasteiger partial charge in [0, 0.05) is 6.20 Å². The van der Waals surface area contributed by atoms with Gasteiger partial charge in [-0.3, -0.25) is 9.59 Å². The average molecular weight is 397 g/mol. The Morgan fingerprint density at radius 2 is 1.96 bits per heavy atom. The Labute approximate surface area is 158 Å². The number of nitrogens with zero attached hydrogens (tertiary/aromatic N) is 1. The van der Waals surface area contributed by atoms with Crippen LogP contribution in [0.3, 0.4) is 0 Å². The van der Waals surface area contributed by atoms with Crippen LogP contribution in [0.4, 0.5) is 18.9 Å². The van der Waals surface area contributed by atoms with Crippen LogP contribution in [0.1, 0.15) is 15.9 Å². The molecule has 0 fully saturated rings. The number of hydrogen-bond acceptors (Lipinski definition) is 5. The van der Waals surface area contributed by atoms with Gasteiger partial charge in [-0.15, -0.1) is 0 Å². The van der Waals surface area contributed by atoms with Gasteiger partial charge in [-0.25, -0.2) is 4.98 Å². The minimum Gasteiger partial charge on any atom is -0.495 e. The van der Waals surface area contributed by atoms with Gasteiger partial charge in [0.05, 0.1) is 19.3 Å². The highest BCUT2D eigenvalue weighted by molar-refractivity contribution is 6.00. The highest BCUT2D eigenvalue weighted by atomic mass is 19.4. The first kappa shape index (κ1) is 21.0. The molecule has 0 saturated heterocycles. The summed E-state index contributed by atoms with van der Waals surface area (Å²) in [6.45, 7) is -0.163. The van der Waals surface area contributed by atoms with E-state index in [4.69, 9.17) is 4.74 Å². The molecule has 0 radical (unpaired) electrons. The molecular weight excluding hydrogens is 379 g/mol. The van der Waals surface area contributed by atoms with Gasteiger partial charge in [-0.05, 0) is 36.8 Å². The van der Waals surface area contributed by atoms with Crippen LogP contribution in [-0.2, 0) is 4.79 Å². The zero-order valence-electron chi connectivity index (χ0n) is 15.1. The van der Waals surface area contributed by atoms with Crippen molar-refractivity contribution >= 4 is 17.5 Å². The van der Waals surface area contributed by atoms with E-state index in [2.05, 4.69) is 20.4 Å². The number of benzene rings is 1. The SMILES string of the molecule is COc1ccc(C)cc1NC(=O)CNC(=O)c1cccnc1OCC(F)(F)F. The van der Waals surface area contributed by atoms with Gasteiger partial charge >= 0.3 is 6.18 Å². The Bertz CT molecular complexity index is 856. The molecule has 0 spiro atoms. The second-order valence-electron chi connectivity index (χ2n) is 5.69. The summed E-state index contributed by atoms with van der Waals surface area (Å²) in [6, 6.07) is 7.80. The number of ether oxygens (including phenoxy) is 2. The van der Waals surface area contributed by atoms with Crippen LogP contribution in [-0.4, -0.2) is 43.2 Å². The molecule has 0 aliphatic rings. The second-order valence-corrected chi connectivity index (χ2v) is 5.69. The number of aromatic nitrogens is 1. The van der Waals surface area contributed by atoms with E-state index < -0.39 is 37.0 Å². The van der Waals surface area contributed by atoms with Crippen LogP contribution in [0.15, 0.2) is 36.5 Å². The van der Waals surface area contributed by atoms with E-state index >= 15 is 0 Å². The van der Waals surface area contributed by atoms with Crippen LogP contribution in [0.5, 0.6) is 11.6 Å². The largest absolute Gasteiger partial charge is 0.495 e. The summed E-state index contributed by atoms with van der Waals surface area (Å²) < 4.78 is 46.6. The summed E-state index contributed by atoms with van der Waals surface area (Å²) in [5, 5.41) is 4.91. The quantitative estimate of drug-likeness (QED) is 0.750. The summed E-state index contributed by atoms with van der Waals surface area (Å²) in [4.78, 5) is 27.9. The summed E-state index contributed by atoms with van der Waals surface area (Å²) in [5.41, 5.74) is 1.10. The summed E-state index contributed by atoms with van der Waals surface area (Å²) >= 11 is 0. The number of alkyl halides is 3. The predicted molar refractivity (Wildman–Crippen MR) is 94.5 cm³/mol. The molecule has 0 bridgehead atoms. The maximum Gasteiger partial charge on any atom is 0.422 e. The van der Waals surface area contributed by atoms with Gasteiger partial charge in [0.25, 0.3) is 5.91 Å². The third-order valence-electron chi connectivity index (χ3n) is 3.43. The average Bonchev–Trinajstić information content (AvgIpc) is 2.64. The fourth-order valence-electron chi connectivity index (χ4n) is 2.20. The van der Waals surface area contributed by atoms with E-state index in [9.17, 15) is 22.8 Å². The number of halogens is 3. The normalized spacial score (nSPS) is 10.9. The molecule has 1 heterocycles. The van der Waals surface area contributed by atoms with E-state index in [1.165, 1.54) is 25.4 Å². The molecule has 2 rings (SSSR count). The van der Waals surface area contributed by atoms with Crippen molar-refractivity contribution in [2.24, 2.45) is 0 Å². The number of carbonyl (C=O) groups is 2. The fraction of sp³-hybridized carbons (Fsp3) is 0.278. The Kier molecular flexibility index (Phi) is 6.80. The van der Waals surface area contributed by atoms with Crippen molar-refractivity contribution in [3.05, 3.63) is 47.7 Å². The lowest BCUT2D eigenvalue weighted by Crippen LogP contribution is -2.33. The standard InChI is InChI=1S/C18H18F3N3O4/c1-11-5-6-14(27-2)13(8-11)24-15(25)9-23-16(26)12-4-3-7-22-17(12)28-10-18(19,20)21/h3-8H,9-10H2,1-2H3,(H,23,26)(H,24,25). The molecule has 0 atom stereocenters. The zero-order valence-corrected chi connectivity index (χ0v) is 15.1. The van der Waals surface area contributed by atoms with Gasteiger partial charge in [-0.1, -0.05) is 6.07 Å². The number of pyridine rings is 1. The minimum absolute atomic E-state index is 0.215. The van der Waals surface area contributed by atoms with Crippen molar-refractivity contribution < 1.29 is 32.2 Å². The van der Waals surface area contributed by atoms with E-state index in [-0.39, 0.29) is 5.56 Å². The summed E-state index contributed by atoms with van der Waals surface area (Å²) in [6.07, 6.45) is -3.38. The number of carbonyl (C=O) groups excluding carboxylic acids is 2. The van der Waals surface area contributed by atoms with E-state index in [0.717, 1.165) is 5.56 Å². The molecule has 1 aromatic carbocycles. The van der Waals surface area contributed by atoms with E-state index in [1.807, 2.05) is 6.92 Å². The lowest BCUT2D eigenvalue weighted by atomic mass is 10.2. The molecule has 0 saturated carbocycles. The summed E-state index contributed by atoms with van der Waals surface area (Å²) in [5.74, 6) is -1.37. The Balaban J connectivity index is 1.99. The number of anilines is 1. The molecule has 7 nitrogen and oxygen atoms in total. The maximum absolute atomic E-state index is 12.3. The zero-order chi connectivity index (χ0) is 20.7. The first-order chi connectivity index (χ1) is 13.2. The molecular formula is C18H18F3N3O4. The number of rotatable bonds is 7. The topological polar surface area (TPSA) is 89.6 Å². The Hall–Kier alpha value is -3.30. The Morgan fingerprint density at radius 1 is 1.21 bits per heavy atom. The van der Waals surface area contributed by atoms with Gasteiger partial charge in [-0.2, -0.15) is 13.2 Å². The van der Waals surface area contributed by atoms with Crippen LogP contribution < -0.4 is 20.1 Å². The molecule has 2 amide bonds. The Morgan fingerprint density at radius 3 is 2.64 bits per heavy atom. The predicted octanol–water partition coefficient (Wildman–Crippen LogP) is 2.71. The third-order valence-corrected chi connectivity index (χ3v) is 3.43. The van der Waals surface area contributed by atoms with Crippen molar-refractivity contribution in [3.8, 4) is 11.6 Å². The number of hydrogen-bond donors (Lipinski definition) is 2. The molecule has 2 N–H and O–H groups in total. The van der Waals surface area contributed by atoms with Crippen LogP contribution in [0.25, 0.3) is 0 Å². The van der Waals surface area contributed by atoms with Crippen molar-refractivity contribution in [2.75, 3.05) is 25.6 Å². The molecule has 10 heteroatoms. The third kappa shape index (κ3) is 6.15. The highest BCUT2D eigenvalue weighted by Crippen LogP contribution is 2.25. The fourth-order valence-corrected chi connectivity index (χ4v) is 2.20. The molecule has 2 aromatic rings.